The molecular formula is C18H30N2O4S2. The van der Waals surface area contributed by atoms with Crippen LogP contribution in [0.4, 0.5) is 5.69 Å². The summed E-state index contributed by atoms with van der Waals surface area (Å²) in [5.41, 5.74) is 0.418. The van der Waals surface area contributed by atoms with Gasteiger partial charge in [-0.25, -0.2) is 16.8 Å². The third kappa shape index (κ3) is 4.78. The molecule has 0 spiro atoms. The Kier molecular flexibility index (Phi) is 6.09. The molecule has 1 saturated carbocycles. The lowest BCUT2D eigenvalue weighted by Gasteiger charge is -2.45. The smallest absolute Gasteiger partial charge is 0.177 e. The average Bonchev–Trinajstić information content (AvgIpc) is 2.51. The highest BCUT2D eigenvalue weighted by Gasteiger charge is 2.37. The number of nitrogens with zero attached hydrogens (tertiary/aromatic N) is 1. The molecule has 1 aromatic rings. The normalized spacial score (nSPS) is 24.6. The minimum absolute atomic E-state index is 0.0112. The lowest BCUT2D eigenvalue weighted by molar-refractivity contribution is 0.0882. The highest BCUT2D eigenvalue weighted by atomic mass is 32.2. The highest BCUT2D eigenvalue weighted by Crippen LogP contribution is 2.36. The predicted molar refractivity (Wildman–Crippen MR) is 105 cm³/mol. The minimum Gasteiger partial charge on any atom is -0.382 e. The molecule has 0 aliphatic heterocycles. The van der Waals surface area contributed by atoms with Gasteiger partial charge in [0.15, 0.2) is 19.7 Å². The number of hydrogen-bond acceptors (Lipinski definition) is 6. The molecule has 1 aliphatic rings. The summed E-state index contributed by atoms with van der Waals surface area (Å²) < 4.78 is 48.0. The van der Waals surface area contributed by atoms with Crippen LogP contribution in [-0.2, 0) is 19.7 Å². The van der Waals surface area contributed by atoms with Crippen LogP contribution >= 0.6 is 0 Å². The number of hydrogen-bond donors (Lipinski definition) is 1. The molecule has 6 nitrogen and oxygen atoms in total. The van der Waals surface area contributed by atoms with Crippen LogP contribution in [0.1, 0.15) is 32.6 Å². The van der Waals surface area contributed by atoms with Gasteiger partial charge in [-0.15, -0.1) is 0 Å². The van der Waals surface area contributed by atoms with Crippen LogP contribution < -0.4 is 5.32 Å². The van der Waals surface area contributed by atoms with Crippen molar-refractivity contribution in [3.05, 3.63) is 18.2 Å². The van der Waals surface area contributed by atoms with Crippen molar-refractivity contribution in [2.75, 3.05) is 38.5 Å². The van der Waals surface area contributed by atoms with E-state index in [1.807, 2.05) is 0 Å². The van der Waals surface area contributed by atoms with Crippen LogP contribution in [0, 0.1) is 5.92 Å². The molecule has 8 heteroatoms. The first-order valence-corrected chi connectivity index (χ1v) is 12.6. The minimum atomic E-state index is -3.56. The largest absolute Gasteiger partial charge is 0.382 e. The zero-order valence-electron chi connectivity index (χ0n) is 16.2. The maximum absolute atomic E-state index is 12.2. The summed E-state index contributed by atoms with van der Waals surface area (Å²) in [6.45, 7) is 2.87. The van der Waals surface area contributed by atoms with Gasteiger partial charge in [0, 0.05) is 24.6 Å². The van der Waals surface area contributed by atoms with Crippen molar-refractivity contribution in [3.63, 3.8) is 0 Å². The van der Waals surface area contributed by atoms with Crippen LogP contribution in [0.15, 0.2) is 28.0 Å². The molecule has 148 valence electrons. The second kappa shape index (κ2) is 7.48. The first-order chi connectivity index (χ1) is 11.8. The Labute approximate surface area is 157 Å². The zero-order valence-corrected chi connectivity index (χ0v) is 17.9. The molecule has 0 bridgehead atoms. The average molecular weight is 403 g/mol. The van der Waals surface area contributed by atoms with Crippen molar-refractivity contribution in [1.82, 2.24) is 4.90 Å². The molecule has 2 atom stereocenters. The van der Waals surface area contributed by atoms with Crippen LogP contribution in [0.25, 0.3) is 0 Å². The molecule has 0 aromatic heterocycles. The predicted octanol–water partition coefficient (Wildman–Crippen LogP) is 2.42. The fourth-order valence-corrected chi connectivity index (χ4v) is 5.41. The summed E-state index contributed by atoms with van der Waals surface area (Å²) in [4.78, 5) is 2.26. The number of nitrogens with one attached hydrogen (secondary N) is 1. The summed E-state index contributed by atoms with van der Waals surface area (Å²) in [6, 6.07) is 4.26. The Morgan fingerprint density at radius 3 is 2.31 bits per heavy atom. The molecule has 2 unspecified atom stereocenters. The molecule has 26 heavy (non-hydrogen) atoms. The van der Waals surface area contributed by atoms with Crippen LogP contribution in [-0.4, -0.2) is 60.4 Å². The van der Waals surface area contributed by atoms with Crippen LogP contribution in [0.5, 0.6) is 0 Å². The summed E-state index contributed by atoms with van der Waals surface area (Å²) >= 11 is 0. The van der Waals surface area contributed by atoms with Crippen LogP contribution in [0.3, 0.4) is 0 Å². The second-order valence-corrected chi connectivity index (χ2v) is 11.9. The number of anilines is 1. The summed E-state index contributed by atoms with van der Waals surface area (Å²) in [5, 5.41) is 3.30. The maximum atomic E-state index is 12.2. The third-order valence-electron chi connectivity index (χ3n) is 5.40. The van der Waals surface area contributed by atoms with E-state index in [4.69, 9.17) is 0 Å². The van der Waals surface area contributed by atoms with Gasteiger partial charge in [-0.3, -0.25) is 0 Å². The van der Waals surface area contributed by atoms with Crippen molar-refractivity contribution < 1.29 is 16.8 Å². The van der Waals surface area contributed by atoms with Gasteiger partial charge < -0.3 is 10.2 Å². The number of sulfone groups is 2. The van der Waals surface area contributed by atoms with Crippen molar-refractivity contribution in [1.29, 1.82) is 0 Å². The molecule has 0 amide bonds. The number of benzene rings is 1. The first kappa shape index (κ1) is 21.2. The standard InChI is InChI=1S/C18H30N2O4S2/c1-14-7-6-10-18(12-14,20(2)3)13-19-16-9-8-15(25(4,21)22)11-17(16)26(5,23)24/h8-9,11,14,19H,6-7,10,12-13H2,1-5H3. The van der Waals surface area contributed by atoms with Gasteiger partial charge in [-0.2, -0.15) is 0 Å². The van der Waals surface area contributed by atoms with Gasteiger partial charge in [-0.1, -0.05) is 19.8 Å². The SMILES string of the molecule is CC1CCCC(CNc2ccc(S(C)(=O)=O)cc2S(C)(=O)=O)(N(C)C)C1. The molecule has 1 aliphatic carbocycles. The van der Waals surface area contributed by atoms with E-state index in [-0.39, 0.29) is 15.3 Å². The fourth-order valence-electron chi connectivity index (χ4n) is 3.80. The maximum Gasteiger partial charge on any atom is 0.177 e. The van der Waals surface area contributed by atoms with Crippen molar-refractivity contribution in [3.8, 4) is 0 Å². The molecule has 0 saturated heterocycles. The fraction of sp³-hybridized carbons (Fsp3) is 0.667. The van der Waals surface area contributed by atoms with E-state index in [1.54, 1.807) is 6.07 Å². The molecule has 0 radical (unpaired) electrons. The van der Waals surface area contributed by atoms with Crippen molar-refractivity contribution in [2.45, 2.75) is 47.9 Å². The summed E-state index contributed by atoms with van der Waals surface area (Å²) in [5.74, 6) is 0.620. The van der Waals surface area contributed by atoms with Gasteiger partial charge in [0.05, 0.1) is 15.5 Å². The zero-order chi connectivity index (χ0) is 19.8. The van der Waals surface area contributed by atoms with E-state index in [0.717, 1.165) is 31.8 Å². The lowest BCUT2D eigenvalue weighted by Crippen LogP contribution is -2.52. The van der Waals surface area contributed by atoms with E-state index >= 15 is 0 Å². The molecular weight excluding hydrogens is 372 g/mol. The Morgan fingerprint density at radius 1 is 1.15 bits per heavy atom. The lowest BCUT2D eigenvalue weighted by atomic mass is 9.75. The second-order valence-electron chi connectivity index (χ2n) is 7.88. The van der Waals surface area contributed by atoms with Gasteiger partial charge in [0.25, 0.3) is 0 Å². The van der Waals surface area contributed by atoms with E-state index in [1.165, 1.54) is 18.6 Å². The van der Waals surface area contributed by atoms with E-state index in [0.29, 0.717) is 18.2 Å². The quantitative estimate of drug-likeness (QED) is 0.787. The van der Waals surface area contributed by atoms with Gasteiger partial charge in [0.1, 0.15) is 0 Å². The highest BCUT2D eigenvalue weighted by molar-refractivity contribution is 7.91. The topological polar surface area (TPSA) is 83.5 Å². The number of likely N-dealkylation sites (N-methyl/N-ethyl adjacent to an activating group) is 1. The van der Waals surface area contributed by atoms with Crippen molar-refractivity contribution in [2.24, 2.45) is 5.92 Å². The number of rotatable bonds is 6. The van der Waals surface area contributed by atoms with Gasteiger partial charge in [-0.05, 0) is 51.1 Å². The Balaban J connectivity index is 2.37. The van der Waals surface area contributed by atoms with E-state index in [9.17, 15) is 16.8 Å². The Hall–Kier alpha value is -1.12. The monoisotopic (exact) mass is 402 g/mol. The molecule has 1 N–H and O–H groups in total. The van der Waals surface area contributed by atoms with E-state index < -0.39 is 19.7 Å². The Bertz CT molecular complexity index is 863. The Morgan fingerprint density at radius 2 is 1.81 bits per heavy atom. The molecule has 1 aromatic carbocycles. The molecule has 2 rings (SSSR count). The summed E-state index contributed by atoms with van der Waals surface area (Å²) in [6.07, 6.45) is 6.63. The summed E-state index contributed by atoms with van der Waals surface area (Å²) in [7, 11) is -2.91. The van der Waals surface area contributed by atoms with Gasteiger partial charge in [0.2, 0.25) is 0 Å². The van der Waals surface area contributed by atoms with Crippen molar-refractivity contribution >= 4 is 25.4 Å². The van der Waals surface area contributed by atoms with E-state index in [2.05, 4.69) is 31.2 Å². The van der Waals surface area contributed by atoms with Gasteiger partial charge >= 0.3 is 0 Å². The first-order valence-electron chi connectivity index (χ1n) is 8.81. The third-order valence-corrected chi connectivity index (χ3v) is 7.65. The van der Waals surface area contributed by atoms with Crippen LogP contribution in [0.2, 0.25) is 0 Å². The molecule has 0 heterocycles. The molecule has 1 fully saturated rings.